The normalized spacial score (nSPS) is 12.0. The molecule has 0 amide bonds. The molecule has 0 rings (SSSR count). The molecule has 0 aromatic carbocycles. The van der Waals surface area contributed by atoms with E-state index in [1.807, 2.05) is 0 Å². The van der Waals surface area contributed by atoms with Crippen molar-refractivity contribution >= 4 is 17.9 Å². The van der Waals surface area contributed by atoms with E-state index in [4.69, 9.17) is 14.2 Å². The Morgan fingerprint density at radius 1 is 0.297 bits per heavy atom. The topological polar surface area (TPSA) is 78.9 Å². The summed E-state index contributed by atoms with van der Waals surface area (Å²) in [6.45, 7) is 9.06. The third-order valence-electron chi connectivity index (χ3n) is 13.3. The van der Waals surface area contributed by atoms with Gasteiger partial charge in [-0.05, 0) is 25.2 Å². The molecule has 0 fully saturated rings. The Balaban J connectivity index is 4.28. The highest BCUT2D eigenvalue weighted by Crippen LogP contribution is 2.18. The lowest BCUT2D eigenvalue weighted by Gasteiger charge is -2.18. The summed E-state index contributed by atoms with van der Waals surface area (Å²) >= 11 is 0. The molecule has 0 aromatic heterocycles. The predicted molar refractivity (Wildman–Crippen MR) is 275 cm³/mol. The number of carbonyl (C=O) groups excluding carboxylic acids is 3. The predicted octanol–water partition coefficient (Wildman–Crippen LogP) is 19.0. The van der Waals surface area contributed by atoms with Crippen LogP contribution in [-0.4, -0.2) is 37.2 Å². The minimum Gasteiger partial charge on any atom is -0.462 e. The average molecular weight is 906 g/mol. The molecule has 6 heteroatoms. The third-order valence-corrected chi connectivity index (χ3v) is 13.3. The van der Waals surface area contributed by atoms with Gasteiger partial charge in [0.05, 0.1) is 0 Å². The quantitative estimate of drug-likeness (QED) is 0.0344. The maximum atomic E-state index is 12.8. The molecule has 0 radical (unpaired) electrons. The lowest BCUT2D eigenvalue weighted by Crippen LogP contribution is -2.30. The van der Waals surface area contributed by atoms with Gasteiger partial charge < -0.3 is 14.2 Å². The van der Waals surface area contributed by atoms with Crippen LogP contribution in [0.5, 0.6) is 0 Å². The molecule has 0 aromatic rings. The number of hydrogen-bond acceptors (Lipinski definition) is 6. The Kier molecular flexibility index (Phi) is 51.1. The summed E-state index contributed by atoms with van der Waals surface area (Å²) in [5.74, 6) is 0.00790. The highest BCUT2D eigenvalue weighted by molar-refractivity contribution is 5.71. The van der Waals surface area contributed by atoms with Crippen molar-refractivity contribution < 1.29 is 28.6 Å². The molecule has 0 N–H and O–H groups in total. The monoisotopic (exact) mass is 905 g/mol. The van der Waals surface area contributed by atoms with E-state index in [1.54, 1.807) is 0 Å². The van der Waals surface area contributed by atoms with Gasteiger partial charge in [-0.25, -0.2) is 0 Å². The Bertz CT molecular complexity index is 964. The van der Waals surface area contributed by atoms with Crippen molar-refractivity contribution in [1.82, 2.24) is 0 Å². The second kappa shape index (κ2) is 52.4. The van der Waals surface area contributed by atoms with Gasteiger partial charge >= 0.3 is 17.9 Å². The van der Waals surface area contributed by atoms with E-state index in [9.17, 15) is 14.4 Å². The van der Waals surface area contributed by atoms with Crippen LogP contribution in [0.4, 0.5) is 0 Å². The molecular formula is C58H112O6. The van der Waals surface area contributed by atoms with E-state index in [0.29, 0.717) is 19.3 Å². The number of carbonyl (C=O) groups is 3. The first-order valence-corrected chi connectivity index (χ1v) is 28.9. The average Bonchev–Trinajstić information content (AvgIpc) is 3.28. The van der Waals surface area contributed by atoms with E-state index in [0.717, 1.165) is 63.7 Å². The summed E-state index contributed by atoms with van der Waals surface area (Å²) in [6, 6.07) is 0. The third kappa shape index (κ3) is 51.4. The summed E-state index contributed by atoms with van der Waals surface area (Å²) in [5, 5.41) is 0. The number of hydrogen-bond donors (Lipinski definition) is 0. The molecule has 1 atom stereocenters. The van der Waals surface area contributed by atoms with Gasteiger partial charge in [0.15, 0.2) is 6.10 Å². The molecule has 0 aliphatic rings. The molecule has 0 aliphatic heterocycles. The molecule has 0 spiro atoms. The fraction of sp³-hybridized carbons (Fsp3) is 0.948. The molecule has 0 saturated heterocycles. The summed E-state index contributed by atoms with van der Waals surface area (Å²) in [5.41, 5.74) is 0. The minimum absolute atomic E-state index is 0.0618. The van der Waals surface area contributed by atoms with E-state index < -0.39 is 6.10 Å². The van der Waals surface area contributed by atoms with Crippen LogP contribution in [0.15, 0.2) is 0 Å². The second-order valence-electron chi connectivity index (χ2n) is 20.4. The van der Waals surface area contributed by atoms with Gasteiger partial charge in [0.25, 0.3) is 0 Å². The molecular weight excluding hydrogens is 793 g/mol. The van der Waals surface area contributed by atoms with Crippen molar-refractivity contribution in [3.05, 3.63) is 0 Å². The molecule has 380 valence electrons. The van der Waals surface area contributed by atoms with Crippen molar-refractivity contribution in [3.63, 3.8) is 0 Å². The van der Waals surface area contributed by atoms with Gasteiger partial charge in [0.2, 0.25) is 0 Å². The Hall–Kier alpha value is -1.59. The molecule has 0 heterocycles. The van der Waals surface area contributed by atoms with Crippen molar-refractivity contribution in [2.24, 2.45) is 5.92 Å². The van der Waals surface area contributed by atoms with Crippen LogP contribution in [0.2, 0.25) is 0 Å². The lowest BCUT2D eigenvalue weighted by molar-refractivity contribution is -0.167. The van der Waals surface area contributed by atoms with Crippen LogP contribution in [0.25, 0.3) is 0 Å². The van der Waals surface area contributed by atoms with E-state index in [1.165, 1.54) is 225 Å². The van der Waals surface area contributed by atoms with Crippen molar-refractivity contribution in [3.8, 4) is 0 Å². The highest BCUT2D eigenvalue weighted by atomic mass is 16.6. The fourth-order valence-corrected chi connectivity index (χ4v) is 8.92. The van der Waals surface area contributed by atoms with Crippen LogP contribution in [0.1, 0.15) is 329 Å². The van der Waals surface area contributed by atoms with Crippen molar-refractivity contribution in [2.75, 3.05) is 13.2 Å². The van der Waals surface area contributed by atoms with Crippen LogP contribution < -0.4 is 0 Å². The summed E-state index contributed by atoms with van der Waals surface area (Å²) in [6.07, 6.45) is 56.6. The van der Waals surface area contributed by atoms with Gasteiger partial charge in [0, 0.05) is 19.3 Å². The molecule has 0 saturated carbocycles. The zero-order valence-electron chi connectivity index (χ0n) is 43.8. The number of esters is 3. The van der Waals surface area contributed by atoms with Gasteiger partial charge in [-0.3, -0.25) is 14.4 Å². The first kappa shape index (κ1) is 62.4. The van der Waals surface area contributed by atoms with Gasteiger partial charge in [-0.2, -0.15) is 0 Å². The van der Waals surface area contributed by atoms with Crippen LogP contribution in [-0.2, 0) is 28.6 Å². The minimum atomic E-state index is -0.761. The second-order valence-corrected chi connectivity index (χ2v) is 20.4. The first-order valence-electron chi connectivity index (χ1n) is 28.9. The van der Waals surface area contributed by atoms with Crippen LogP contribution in [0, 0.1) is 5.92 Å². The van der Waals surface area contributed by atoms with Gasteiger partial charge in [0.1, 0.15) is 13.2 Å². The highest BCUT2D eigenvalue weighted by Gasteiger charge is 2.19. The Morgan fingerprint density at radius 2 is 0.516 bits per heavy atom. The molecule has 0 unspecified atom stereocenters. The smallest absolute Gasteiger partial charge is 0.306 e. The van der Waals surface area contributed by atoms with E-state index >= 15 is 0 Å². The number of unbranched alkanes of at least 4 members (excludes halogenated alkanes) is 40. The molecule has 0 aliphatic carbocycles. The SMILES string of the molecule is CCCCCCCCCCCCCCCCCCCC(=O)OC[C@@H](COC(=O)CCCCCCCCCCCCCC)OC(=O)CCCCCCCCCCCCCCCCC(C)C. The van der Waals surface area contributed by atoms with Crippen LogP contribution in [0.3, 0.4) is 0 Å². The van der Waals surface area contributed by atoms with Gasteiger partial charge in [-0.1, -0.05) is 291 Å². The summed E-state index contributed by atoms with van der Waals surface area (Å²) in [7, 11) is 0. The standard InChI is InChI=1S/C58H112O6/c1-5-7-9-11-13-15-17-19-20-21-22-26-30-34-38-42-46-50-57(60)63-53-55(52-62-56(59)49-45-41-37-33-29-18-16-14-12-10-8-6-2)64-58(61)51-47-43-39-35-31-27-24-23-25-28-32-36-40-44-48-54(3)4/h54-55H,5-53H2,1-4H3/t55-/m1/s1. The number of ether oxygens (including phenoxy) is 3. The summed E-state index contributed by atoms with van der Waals surface area (Å²) in [4.78, 5) is 38.1. The van der Waals surface area contributed by atoms with Gasteiger partial charge in [-0.15, -0.1) is 0 Å². The Labute approximate surface area is 399 Å². The van der Waals surface area contributed by atoms with Crippen LogP contribution >= 0.6 is 0 Å². The largest absolute Gasteiger partial charge is 0.462 e. The Morgan fingerprint density at radius 3 is 0.766 bits per heavy atom. The molecule has 64 heavy (non-hydrogen) atoms. The zero-order valence-corrected chi connectivity index (χ0v) is 43.8. The first-order chi connectivity index (χ1) is 31.4. The van der Waals surface area contributed by atoms with Crippen molar-refractivity contribution in [2.45, 2.75) is 336 Å². The van der Waals surface area contributed by atoms with Crippen molar-refractivity contribution in [1.29, 1.82) is 0 Å². The lowest BCUT2D eigenvalue weighted by atomic mass is 10.0. The fourth-order valence-electron chi connectivity index (χ4n) is 8.92. The maximum absolute atomic E-state index is 12.8. The maximum Gasteiger partial charge on any atom is 0.306 e. The molecule has 0 bridgehead atoms. The van der Waals surface area contributed by atoms with E-state index in [-0.39, 0.29) is 31.1 Å². The molecule has 6 nitrogen and oxygen atoms in total. The van der Waals surface area contributed by atoms with E-state index in [2.05, 4.69) is 27.7 Å². The summed E-state index contributed by atoms with van der Waals surface area (Å²) < 4.78 is 16.9. The number of rotatable bonds is 53. The zero-order chi connectivity index (χ0) is 46.7.